The third kappa shape index (κ3) is 6.20. The molecule has 23 heavy (non-hydrogen) atoms. The molecule has 1 N–H and O–H groups in total. The Labute approximate surface area is 142 Å². The fourth-order valence-corrected chi connectivity index (χ4v) is 2.79. The van der Waals surface area contributed by atoms with Gasteiger partial charge in [0.1, 0.15) is 0 Å². The molecule has 0 bridgehead atoms. The SMILES string of the molecule is CN1CCN(C(=O)CNC(=O)CCCc2cccc(Cl)c2)CC1. The summed E-state index contributed by atoms with van der Waals surface area (Å²) in [7, 11) is 2.05. The lowest BCUT2D eigenvalue weighted by Crippen LogP contribution is -2.50. The van der Waals surface area contributed by atoms with Gasteiger partial charge in [-0.15, -0.1) is 0 Å². The third-order valence-corrected chi connectivity index (χ3v) is 4.29. The number of halogens is 1. The van der Waals surface area contributed by atoms with Crippen molar-refractivity contribution in [3.8, 4) is 0 Å². The Morgan fingerprint density at radius 1 is 1.22 bits per heavy atom. The minimum atomic E-state index is -0.0745. The maximum Gasteiger partial charge on any atom is 0.242 e. The Morgan fingerprint density at radius 2 is 1.96 bits per heavy atom. The van der Waals surface area contributed by atoms with Gasteiger partial charge < -0.3 is 15.1 Å². The first kappa shape index (κ1) is 17.8. The van der Waals surface area contributed by atoms with Crippen LogP contribution in [0.25, 0.3) is 0 Å². The van der Waals surface area contributed by atoms with Crippen LogP contribution in [0.2, 0.25) is 5.02 Å². The molecule has 2 rings (SSSR count). The average Bonchev–Trinajstić information content (AvgIpc) is 2.53. The first-order valence-electron chi connectivity index (χ1n) is 8.02. The molecule has 0 saturated carbocycles. The highest BCUT2D eigenvalue weighted by molar-refractivity contribution is 6.30. The van der Waals surface area contributed by atoms with Gasteiger partial charge in [-0.05, 0) is 37.6 Å². The Balaban J connectivity index is 1.62. The van der Waals surface area contributed by atoms with Crippen molar-refractivity contribution in [1.82, 2.24) is 15.1 Å². The lowest BCUT2D eigenvalue weighted by atomic mass is 10.1. The number of piperazine rings is 1. The molecule has 5 nitrogen and oxygen atoms in total. The number of likely N-dealkylation sites (N-methyl/N-ethyl adjacent to an activating group) is 1. The number of hydrogen-bond donors (Lipinski definition) is 1. The minimum absolute atomic E-state index is 0.00120. The van der Waals surface area contributed by atoms with Crippen LogP contribution in [-0.4, -0.2) is 61.4 Å². The second-order valence-corrected chi connectivity index (χ2v) is 6.38. The zero-order valence-electron chi connectivity index (χ0n) is 13.6. The van der Waals surface area contributed by atoms with Crippen molar-refractivity contribution in [2.75, 3.05) is 39.8 Å². The summed E-state index contributed by atoms with van der Waals surface area (Å²) in [6.45, 7) is 3.35. The van der Waals surface area contributed by atoms with Crippen molar-refractivity contribution in [3.63, 3.8) is 0 Å². The van der Waals surface area contributed by atoms with E-state index in [1.165, 1.54) is 0 Å². The van der Waals surface area contributed by atoms with E-state index in [1.54, 1.807) is 0 Å². The number of hydrogen-bond acceptors (Lipinski definition) is 3. The minimum Gasteiger partial charge on any atom is -0.347 e. The maximum absolute atomic E-state index is 12.0. The third-order valence-electron chi connectivity index (χ3n) is 4.05. The van der Waals surface area contributed by atoms with E-state index in [2.05, 4.69) is 10.2 Å². The monoisotopic (exact) mass is 337 g/mol. The van der Waals surface area contributed by atoms with Crippen LogP contribution in [0.4, 0.5) is 0 Å². The summed E-state index contributed by atoms with van der Waals surface area (Å²) in [5.74, 6) is -0.0733. The number of nitrogens with zero attached hydrogens (tertiary/aromatic N) is 2. The molecule has 0 aromatic heterocycles. The van der Waals surface area contributed by atoms with Crippen molar-refractivity contribution in [1.29, 1.82) is 0 Å². The molecule has 126 valence electrons. The van der Waals surface area contributed by atoms with E-state index in [-0.39, 0.29) is 18.4 Å². The Hall–Kier alpha value is -1.59. The van der Waals surface area contributed by atoms with E-state index in [0.29, 0.717) is 11.4 Å². The summed E-state index contributed by atoms with van der Waals surface area (Å²) in [5, 5.41) is 3.43. The number of benzene rings is 1. The highest BCUT2D eigenvalue weighted by Crippen LogP contribution is 2.12. The molecule has 2 amide bonds. The molecule has 0 atom stereocenters. The second-order valence-electron chi connectivity index (χ2n) is 5.94. The molecule has 0 spiro atoms. The van der Waals surface area contributed by atoms with E-state index >= 15 is 0 Å². The molecular formula is C17H24ClN3O2. The summed E-state index contributed by atoms with van der Waals surface area (Å²) in [4.78, 5) is 27.8. The number of carbonyl (C=O) groups excluding carboxylic acids is 2. The normalized spacial score (nSPS) is 15.5. The molecule has 1 aromatic carbocycles. The summed E-state index contributed by atoms with van der Waals surface area (Å²) in [6, 6.07) is 7.66. The number of rotatable bonds is 6. The van der Waals surface area contributed by atoms with Gasteiger partial charge in [-0.25, -0.2) is 0 Å². The zero-order valence-corrected chi connectivity index (χ0v) is 14.3. The van der Waals surface area contributed by atoms with Crippen LogP contribution in [0.1, 0.15) is 18.4 Å². The van der Waals surface area contributed by atoms with Gasteiger partial charge >= 0.3 is 0 Å². The molecule has 1 fully saturated rings. The van der Waals surface area contributed by atoms with Crippen LogP contribution in [0.3, 0.4) is 0 Å². The number of aryl methyl sites for hydroxylation is 1. The predicted molar refractivity (Wildman–Crippen MR) is 91.5 cm³/mol. The lowest BCUT2D eigenvalue weighted by Gasteiger charge is -2.32. The number of nitrogens with one attached hydrogen (secondary N) is 1. The van der Waals surface area contributed by atoms with Crippen molar-refractivity contribution in [2.24, 2.45) is 0 Å². The van der Waals surface area contributed by atoms with Crippen LogP contribution < -0.4 is 5.32 Å². The van der Waals surface area contributed by atoms with Gasteiger partial charge in [-0.1, -0.05) is 23.7 Å². The van der Waals surface area contributed by atoms with Crippen LogP contribution in [0.5, 0.6) is 0 Å². The molecule has 1 aromatic rings. The number of carbonyl (C=O) groups is 2. The molecule has 1 aliphatic heterocycles. The van der Waals surface area contributed by atoms with Gasteiger partial charge in [0.25, 0.3) is 0 Å². The highest BCUT2D eigenvalue weighted by atomic mass is 35.5. The molecule has 6 heteroatoms. The highest BCUT2D eigenvalue weighted by Gasteiger charge is 2.19. The first-order chi connectivity index (χ1) is 11.0. The quantitative estimate of drug-likeness (QED) is 0.857. The van der Waals surface area contributed by atoms with Gasteiger partial charge in [0.15, 0.2) is 0 Å². The predicted octanol–water partition coefficient (Wildman–Crippen LogP) is 1.55. The standard InChI is InChI=1S/C17H24ClN3O2/c1-20-8-10-21(11-9-20)17(23)13-19-16(22)7-3-5-14-4-2-6-15(18)12-14/h2,4,6,12H,3,5,7-11,13H2,1H3,(H,19,22). The van der Waals surface area contributed by atoms with Crippen molar-refractivity contribution in [3.05, 3.63) is 34.9 Å². The summed E-state index contributed by atoms with van der Waals surface area (Å²) >= 11 is 5.93. The number of amides is 2. The molecule has 1 saturated heterocycles. The van der Waals surface area contributed by atoms with Crippen LogP contribution in [-0.2, 0) is 16.0 Å². The van der Waals surface area contributed by atoms with E-state index in [9.17, 15) is 9.59 Å². The molecule has 1 aliphatic rings. The average molecular weight is 338 g/mol. The van der Waals surface area contributed by atoms with Crippen LogP contribution in [0.15, 0.2) is 24.3 Å². The van der Waals surface area contributed by atoms with Gasteiger partial charge in [-0.3, -0.25) is 9.59 Å². The van der Waals surface area contributed by atoms with Crippen LogP contribution >= 0.6 is 11.6 Å². The summed E-state index contributed by atoms with van der Waals surface area (Å²) in [6.07, 6.45) is 1.97. The molecule has 0 unspecified atom stereocenters. The molecule has 0 aliphatic carbocycles. The smallest absolute Gasteiger partial charge is 0.242 e. The van der Waals surface area contributed by atoms with Gasteiger partial charge in [0.05, 0.1) is 6.54 Å². The Kier molecular flexibility index (Phi) is 6.86. The lowest BCUT2D eigenvalue weighted by molar-refractivity contribution is -0.134. The fourth-order valence-electron chi connectivity index (χ4n) is 2.58. The van der Waals surface area contributed by atoms with Gasteiger partial charge in [0, 0.05) is 37.6 Å². The van der Waals surface area contributed by atoms with Crippen molar-refractivity contribution < 1.29 is 9.59 Å². The largest absolute Gasteiger partial charge is 0.347 e. The van der Waals surface area contributed by atoms with Crippen molar-refractivity contribution in [2.45, 2.75) is 19.3 Å². The van der Waals surface area contributed by atoms with Crippen LogP contribution in [0, 0.1) is 0 Å². The molecular weight excluding hydrogens is 314 g/mol. The molecule has 0 radical (unpaired) electrons. The van der Waals surface area contributed by atoms with Gasteiger partial charge in [-0.2, -0.15) is 0 Å². The fraction of sp³-hybridized carbons (Fsp3) is 0.529. The maximum atomic E-state index is 12.0. The van der Waals surface area contributed by atoms with Crippen molar-refractivity contribution >= 4 is 23.4 Å². The van der Waals surface area contributed by atoms with Gasteiger partial charge in [0.2, 0.25) is 11.8 Å². The Morgan fingerprint density at radius 3 is 2.65 bits per heavy atom. The summed E-state index contributed by atoms with van der Waals surface area (Å²) in [5.41, 5.74) is 1.12. The van der Waals surface area contributed by atoms with E-state index < -0.39 is 0 Å². The molecule has 1 heterocycles. The first-order valence-corrected chi connectivity index (χ1v) is 8.40. The second kappa shape index (κ2) is 8.89. The van der Waals surface area contributed by atoms with E-state index in [0.717, 1.165) is 44.6 Å². The summed E-state index contributed by atoms with van der Waals surface area (Å²) < 4.78 is 0. The Bertz CT molecular complexity index is 542. The topological polar surface area (TPSA) is 52.6 Å². The van der Waals surface area contributed by atoms with E-state index in [1.807, 2.05) is 36.2 Å². The zero-order chi connectivity index (χ0) is 16.7. The van der Waals surface area contributed by atoms with E-state index in [4.69, 9.17) is 11.6 Å².